The molecule has 6 heteroatoms. The second kappa shape index (κ2) is 20.3. The van der Waals surface area contributed by atoms with Crippen LogP contribution >= 0.6 is 0 Å². The molecule has 0 spiro atoms. The number of rotatable bonds is 9. The predicted octanol–water partition coefficient (Wildman–Crippen LogP) is 5.77. The van der Waals surface area contributed by atoms with Crippen LogP contribution in [0.1, 0.15) is 39.0 Å². The van der Waals surface area contributed by atoms with Crippen molar-refractivity contribution >= 4 is 0 Å². The van der Waals surface area contributed by atoms with Gasteiger partial charge in [0.05, 0.1) is 12.2 Å². The number of nitrogens with zero attached hydrogens (tertiary/aromatic N) is 2. The van der Waals surface area contributed by atoms with Gasteiger partial charge < -0.3 is 25.3 Å². The third-order valence-electron chi connectivity index (χ3n) is 5.11. The van der Waals surface area contributed by atoms with Crippen LogP contribution in [0.2, 0.25) is 0 Å². The van der Waals surface area contributed by atoms with Gasteiger partial charge in [0.25, 0.3) is 0 Å². The van der Waals surface area contributed by atoms with Crippen molar-refractivity contribution < 1.29 is 35.4 Å². The number of benzene rings is 2. The van der Waals surface area contributed by atoms with E-state index < -0.39 is 6.10 Å². The van der Waals surface area contributed by atoms with Crippen LogP contribution in [0.3, 0.4) is 0 Å². The van der Waals surface area contributed by atoms with Gasteiger partial charge in [0.15, 0.2) is 0 Å². The molecule has 2 unspecified atom stereocenters. The predicted molar refractivity (Wildman–Crippen MR) is 145 cm³/mol. The van der Waals surface area contributed by atoms with Crippen molar-refractivity contribution in [1.82, 2.24) is 9.97 Å². The summed E-state index contributed by atoms with van der Waals surface area (Å²) in [5, 5.41) is 26.7. The molecule has 4 rings (SSSR count). The first-order valence-electron chi connectivity index (χ1n) is 12.3. The van der Waals surface area contributed by atoms with Crippen molar-refractivity contribution in [2.45, 2.75) is 51.2 Å². The fourth-order valence-electron chi connectivity index (χ4n) is 3.33. The molecular weight excluding hydrogens is 641 g/mol. The first-order chi connectivity index (χ1) is 17.6. The van der Waals surface area contributed by atoms with Crippen LogP contribution in [-0.2, 0) is 20.1 Å². The van der Waals surface area contributed by atoms with E-state index in [1.54, 1.807) is 19.3 Å². The first kappa shape index (κ1) is 32.3. The third kappa shape index (κ3) is 14.6. The maximum atomic E-state index is 9.30. The molecule has 2 heterocycles. The SMILES string of the molecule is CC(O)CC(O)CCCCCO.[Ir].[c-]1ccccc1-c1ccccn1.[c-]1ccccc1-c1ccccn1. The van der Waals surface area contributed by atoms with Crippen LogP contribution in [0.5, 0.6) is 0 Å². The molecule has 0 bridgehead atoms. The van der Waals surface area contributed by atoms with Crippen LogP contribution in [0, 0.1) is 12.1 Å². The molecule has 0 fully saturated rings. The zero-order chi connectivity index (χ0) is 25.8. The minimum Gasteiger partial charge on any atom is -0.396 e. The first-order valence-corrected chi connectivity index (χ1v) is 12.3. The number of aliphatic hydroxyl groups is 3. The Bertz CT molecular complexity index is 887. The Kier molecular flexibility index (Phi) is 17.8. The number of unbranched alkanes of at least 4 members (excludes halogenated alkanes) is 2. The van der Waals surface area contributed by atoms with Crippen LogP contribution in [0.15, 0.2) is 97.3 Å². The quantitative estimate of drug-likeness (QED) is 0.155. The van der Waals surface area contributed by atoms with E-state index in [1.807, 2.05) is 84.9 Å². The summed E-state index contributed by atoms with van der Waals surface area (Å²) in [4.78, 5) is 8.44. The minimum absolute atomic E-state index is 0. The molecule has 2 atom stereocenters. The summed E-state index contributed by atoms with van der Waals surface area (Å²) >= 11 is 0. The summed E-state index contributed by atoms with van der Waals surface area (Å²) in [6, 6.07) is 33.6. The van der Waals surface area contributed by atoms with E-state index in [2.05, 4.69) is 22.1 Å². The molecule has 0 amide bonds. The van der Waals surface area contributed by atoms with Gasteiger partial charge in [0.1, 0.15) is 0 Å². The van der Waals surface area contributed by atoms with E-state index >= 15 is 0 Å². The molecule has 0 aliphatic rings. The molecule has 3 N–H and O–H groups in total. The van der Waals surface area contributed by atoms with Gasteiger partial charge in [-0.2, -0.15) is 0 Å². The second-order valence-corrected chi connectivity index (χ2v) is 8.29. The second-order valence-electron chi connectivity index (χ2n) is 8.29. The molecule has 5 nitrogen and oxygen atoms in total. The van der Waals surface area contributed by atoms with Gasteiger partial charge in [-0.15, -0.1) is 71.8 Å². The average Bonchev–Trinajstić information content (AvgIpc) is 2.93. The standard InChI is InChI=1S/2C11H8N.C9H20O3.Ir/c2*1-2-6-10(7-3-1)11-8-4-5-9-12-11;1-8(11)7-9(12)5-3-2-4-6-10;/h2*1-6,8-9H;8-12H,2-7H2,1H3;/q2*-1;;. The van der Waals surface area contributed by atoms with Crippen molar-refractivity contribution in [3.63, 3.8) is 0 Å². The van der Waals surface area contributed by atoms with Gasteiger partial charge in [0.2, 0.25) is 0 Å². The molecule has 199 valence electrons. The molecule has 0 saturated carbocycles. The van der Waals surface area contributed by atoms with Crippen molar-refractivity contribution in [1.29, 1.82) is 0 Å². The number of hydrogen-bond donors (Lipinski definition) is 3. The van der Waals surface area contributed by atoms with E-state index in [-0.39, 0.29) is 32.8 Å². The summed E-state index contributed by atoms with van der Waals surface area (Å²) < 4.78 is 0. The number of hydrogen-bond acceptors (Lipinski definition) is 5. The Morgan fingerprint density at radius 3 is 1.59 bits per heavy atom. The zero-order valence-corrected chi connectivity index (χ0v) is 23.6. The van der Waals surface area contributed by atoms with Crippen molar-refractivity contribution in [3.05, 3.63) is 109 Å². The van der Waals surface area contributed by atoms with Gasteiger partial charge in [-0.1, -0.05) is 37.1 Å². The van der Waals surface area contributed by atoms with Gasteiger partial charge in [0, 0.05) is 39.1 Å². The fourth-order valence-corrected chi connectivity index (χ4v) is 3.33. The Labute approximate surface area is 234 Å². The topological polar surface area (TPSA) is 86.5 Å². The van der Waals surface area contributed by atoms with Crippen LogP contribution in [0.4, 0.5) is 0 Å². The van der Waals surface area contributed by atoms with Gasteiger partial charge in [-0.05, 0) is 49.7 Å². The number of aliphatic hydroxyl groups excluding tert-OH is 3. The van der Waals surface area contributed by atoms with Gasteiger partial charge in [-0.3, -0.25) is 0 Å². The van der Waals surface area contributed by atoms with Gasteiger partial charge >= 0.3 is 0 Å². The van der Waals surface area contributed by atoms with E-state index in [0.717, 1.165) is 48.2 Å². The summed E-state index contributed by atoms with van der Waals surface area (Å²) in [5.41, 5.74) is 4.02. The fraction of sp³-hybridized carbons (Fsp3) is 0.290. The van der Waals surface area contributed by atoms with Crippen molar-refractivity contribution in [2.75, 3.05) is 6.61 Å². The maximum absolute atomic E-state index is 9.30. The Morgan fingerprint density at radius 1 is 0.703 bits per heavy atom. The number of pyridine rings is 2. The molecule has 2 aromatic carbocycles. The van der Waals surface area contributed by atoms with Crippen LogP contribution in [-0.4, -0.2) is 44.1 Å². The Morgan fingerprint density at radius 2 is 1.22 bits per heavy atom. The summed E-state index contributed by atoms with van der Waals surface area (Å²) in [6.45, 7) is 1.91. The third-order valence-corrected chi connectivity index (χ3v) is 5.11. The Balaban J connectivity index is 0.000000274. The molecule has 0 aliphatic heterocycles. The maximum Gasteiger partial charge on any atom is 0.0564 e. The molecule has 0 saturated heterocycles. The van der Waals surface area contributed by atoms with Crippen LogP contribution < -0.4 is 0 Å². The molecule has 1 radical (unpaired) electrons. The molecule has 2 aromatic heterocycles. The summed E-state index contributed by atoms with van der Waals surface area (Å²) in [7, 11) is 0. The Hall–Kier alpha value is -2.73. The number of aromatic nitrogens is 2. The molecular formula is C31H36IrN2O3-2. The summed E-state index contributed by atoms with van der Waals surface area (Å²) in [5.74, 6) is 0. The zero-order valence-electron chi connectivity index (χ0n) is 21.2. The molecule has 37 heavy (non-hydrogen) atoms. The molecule has 0 aliphatic carbocycles. The monoisotopic (exact) mass is 677 g/mol. The van der Waals surface area contributed by atoms with E-state index in [0.29, 0.717) is 6.42 Å². The largest absolute Gasteiger partial charge is 0.396 e. The summed E-state index contributed by atoms with van der Waals surface area (Å²) in [6.07, 6.45) is 6.64. The minimum atomic E-state index is -0.419. The van der Waals surface area contributed by atoms with Crippen molar-refractivity contribution in [3.8, 4) is 22.5 Å². The van der Waals surface area contributed by atoms with E-state index in [4.69, 9.17) is 10.2 Å². The van der Waals surface area contributed by atoms with E-state index in [9.17, 15) is 5.11 Å². The van der Waals surface area contributed by atoms with Crippen LogP contribution in [0.25, 0.3) is 22.5 Å². The average molecular weight is 677 g/mol. The van der Waals surface area contributed by atoms with Gasteiger partial charge in [-0.25, -0.2) is 0 Å². The van der Waals surface area contributed by atoms with Crippen molar-refractivity contribution in [2.24, 2.45) is 0 Å². The smallest absolute Gasteiger partial charge is 0.0564 e. The normalized spacial score (nSPS) is 11.5. The molecule has 4 aromatic rings. The van der Waals surface area contributed by atoms with E-state index in [1.165, 1.54) is 0 Å².